The maximum Gasteiger partial charge on any atom is 0.232 e. The second-order valence-electron chi connectivity index (χ2n) is 12.0. The molecule has 7 heteroatoms. The Morgan fingerprint density at radius 2 is 0.980 bits per heavy atom. The molecule has 0 spiro atoms. The molecule has 49 heavy (non-hydrogen) atoms. The number of fused-ring (bicyclic) bond motifs is 7. The highest BCUT2D eigenvalue weighted by Crippen LogP contribution is 2.37. The van der Waals surface area contributed by atoms with Gasteiger partial charge in [-0.3, -0.25) is 4.40 Å². The number of hydrogen-bond donors (Lipinski definition) is 0. The highest BCUT2D eigenvalue weighted by molar-refractivity contribution is 6.06. The Bertz CT molecular complexity index is 2800. The zero-order valence-corrected chi connectivity index (χ0v) is 26.1. The van der Waals surface area contributed by atoms with Crippen LogP contribution in [0.2, 0.25) is 0 Å². The van der Waals surface area contributed by atoms with E-state index >= 15 is 0 Å². The quantitative estimate of drug-likeness (QED) is 0.189. The van der Waals surface area contributed by atoms with Crippen LogP contribution in [0.1, 0.15) is 0 Å². The van der Waals surface area contributed by atoms with Gasteiger partial charge in [-0.15, -0.1) is 0 Å². The van der Waals surface area contributed by atoms with E-state index in [1.165, 1.54) is 0 Å². The van der Waals surface area contributed by atoms with E-state index in [1.54, 1.807) is 0 Å². The van der Waals surface area contributed by atoms with Crippen molar-refractivity contribution in [2.75, 3.05) is 0 Å². The molecule has 0 radical (unpaired) electrons. The SMILES string of the molecule is c1ccc(-c2ccc(-c3nc(-c4ccccc4)nc(-c4ccc5c(c4)nc4n(-c6ccccc6)c6oc7ccccc7c6n54)n3)cc2)cc1. The lowest BCUT2D eigenvalue weighted by Gasteiger charge is -2.09. The topological polar surface area (TPSA) is 74.0 Å². The summed E-state index contributed by atoms with van der Waals surface area (Å²) in [5, 5.41) is 1.04. The third kappa shape index (κ3) is 4.44. The summed E-state index contributed by atoms with van der Waals surface area (Å²) in [6, 6.07) is 53.3. The fourth-order valence-electron chi connectivity index (χ4n) is 6.66. The molecule has 0 aliphatic rings. The van der Waals surface area contributed by atoms with Crippen LogP contribution in [-0.4, -0.2) is 28.9 Å². The second-order valence-corrected chi connectivity index (χ2v) is 12.0. The van der Waals surface area contributed by atoms with E-state index in [2.05, 4.69) is 93.9 Å². The van der Waals surface area contributed by atoms with Gasteiger partial charge < -0.3 is 4.42 Å². The van der Waals surface area contributed by atoms with Crippen LogP contribution in [-0.2, 0) is 0 Å². The molecule has 230 valence electrons. The van der Waals surface area contributed by atoms with E-state index < -0.39 is 0 Å². The van der Waals surface area contributed by atoms with Crippen LogP contribution >= 0.6 is 0 Å². The zero-order valence-electron chi connectivity index (χ0n) is 26.1. The molecule has 0 bridgehead atoms. The van der Waals surface area contributed by atoms with Crippen LogP contribution < -0.4 is 0 Å². The van der Waals surface area contributed by atoms with Gasteiger partial charge in [0.05, 0.1) is 16.7 Å². The molecule has 6 aromatic carbocycles. The lowest BCUT2D eigenvalue weighted by molar-refractivity contribution is 0.645. The van der Waals surface area contributed by atoms with E-state index in [9.17, 15) is 0 Å². The Morgan fingerprint density at radius 3 is 1.69 bits per heavy atom. The Labute approximate surface area is 280 Å². The molecule has 0 N–H and O–H groups in total. The van der Waals surface area contributed by atoms with Gasteiger partial charge >= 0.3 is 0 Å². The summed E-state index contributed by atoms with van der Waals surface area (Å²) < 4.78 is 10.7. The van der Waals surface area contributed by atoms with Gasteiger partial charge in [0.25, 0.3) is 0 Å². The summed E-state index contributed by atoms with van der Waals surface area (Å²) in [6.07, 6.45) is 0. The molecule has 10 rings (SSSR count). The number of nitrogens with zero attached hydrogens (tertiary/aromatic N) is 6. The van der Waals surface area contributed by atoms with E-state index in [0.717, 1.165) is 72.5 Å². The summed E-state index contributed by atoms with van der Waals surface area (Å²) in [5.74, 6) is 2.59. The Morgan fingerprint density at radius 1 is 0.449 bits per heavy atom. The highest BCUT2D eigenvalue weighted by atomic mass is 16.3. The van der Waals surface area contributed by atoms with Gasteiger partial charge in [0.15, 0.2) is 17.5 Å². The van der Waals surface area contributed by atoms with E-state index in [0.29, 0.717) is 17.5 Å². The monoisotopic (exact) mass is 630 g/mol. The minimum atomic E-state index is 0.584. The predicted octanol–water partition coefficient (Wildman–Crippen LogP) is 10.0. The molecule has 0 saturated heterocycles. The first-order chi connectivity index (χ1) is 24.3. The first kappa shape index (κ1) is 27.3. The molecule has 7 nitrogen and oxygen atoms in total. The third-order valence-electron chi connectivity index (χ3n) is 9.01. The van der Waals surface area contributed by atoms with Crippen LogP contribution in [0.3, 0.4) is 0 Å². The maximum absolute atomic E-state index is 6.44. The van der Waals surface area contributed by atoms with Crippen molar-refractivity contribution in [2.45, 2.75) is 0 Å². The standard InChI is InChI=1S/C42H26N6O/c1-4-12-27(13-5-1)28-20-22-30(23-21-28)39-44-38(29-14-6-2-7-15-29)45-40(46-39)31-24-25-35-34(26-31)43-42-47(32-16-8-3-9-17-32)41-37(48(35)42)33-18-10-11-19-36(33)49-41/h1-26H. The average molecular weight is 631 g/mol. The largest absolute Gasteiger partial charge is 0.437 e. The first-order valence-corrected chi connectivity index (χ1v) is 16.2. The van der Waals surface area contributed by atoms with Crippen molar-refractivity contribution in [1.82, 2.24) is 28.9 Å². The van der Waals surface area contributed by atoms with Crippen molar-refractivity contribution < 1.29 is 4.42 Å². The Kier molecular flexibility index (Phi) is 6.04. The van der Waals surface area contributed by atoms with Crippen molar-refractivity contribution in [3.8, 4) is 51.0 Å². The van der Waals surface area contributed by atoms with Crippen molar-refractivity contribution >= 4 is 39.0 Å². The number of imidazole rings is 2. The lowest BCUT2D eigenvalue weighted by atomic mass is 10.0. The maximum atomic E-state index is 6.44. The molecule has 0 amide bonds. The number of hydrogen-bond acceptors (Lipinski definition) is 5. The first-order valence-electron chi connectivity index (χ1n) is 16.2. The fourth-order valence-corrected chi connectivity index (χ4v) is 6.66. The van der Waals surface area contributed by atoms with Crippen molar-refractivity contribution in [3.05, 3.63) is 158 Å². The number of rotatable bonds is 5. The van der Waals surface area contributed by atoms with E-state index in [-0.39, 0.29) is 0 Å². The predicted molar refractivity (Wildman–Crippen MR) is 194 cm³/mol. The van der Waals surface area contributed by atoms with Gasteiger partial charge in [-0.25, -0.2) is 24.5 Å². The van der Waals surface area contributed by atoms with Crippen LogP contribution in [0.25, 0.3) is 90.0 Å². The third-order valence-corrected chi connectivity index (χ3v) is 9.01. The normalized spacial score (nSPS) is 11.7. The van der Waals surface area contributed by atoms with Gasteiger partial charge in [0.1, 0.15) is 11.1 Å². The summed E-state index contributed by atoms with van der Waals surface area (Å²) in [6.45, 7) is 0. The zero-order chi connectivity index (χ0) is 32.3. The molecule has 0 aliphatic heterocycles. The summed E-state index contributed by atoms with van der Waals surface area (Å²) >= 11 is 0. The number of aromatic nitrogens is 6. The van der Waals surface area contributed by atoms with Gasteiger partial charge in [-0.05, 0) is 53.6 Å². The number of para-hydroxylation sites is 2. The minimum Gasteiger partial charge on any atom is -0.437 e. The van der Waals surface area contributed by atoms with E-state index in [4.69, 9.17) is 24.4 Å². The smallest absolute Gasteiger partial charge is 0.232 e. The molecule has 0 aliphatic carbocycles. The molecule has 0 unspecified atom stereocenters. The molecular weight excluding hydrogens is 605 g/mol. The van der Waals surface area contributed by atoms with Crippen molar-refractivity contribution in [1.29, 1.82) is 0 Å². The van der Waals surface area contributed by atoms with Gasteiger partial charge in [-0.2, -0.15) is 0 Å². The van der Waals surface area contributed by atoms with Gasteiger partial charge in [0.2, 0.25) is 11.5 Å². The molecule has 10 aromatic rings. The number of benzene rings is 6. The van der Waals surface area contributed by atoms with Crippen LogP contribution in [0.4, 0.5) is 0 Å². The van der Waals surface area contributed by atoms with Crippen LogP contribution in [0, 0.1) is 0 Å². The molecule has 0 fully saturated rings. The summed E-state index contributed by atoms with van der Waals surface area (Å²) in [5.41, 5.74) is 10.4. The Hall–Kier alpha value is -6.86. The van der Waals surface area contributed by atoms with E-state index in [1.807, 2.05) is 72.8 Å². The molecular formula is C42H26N6O. The molecule has 0 atom stereocenters. The van der Waals surface area contributed by atoms with Crippen molar-refractivity contribution in [3.63, 3.8) is 0 Å². The summed E-state index contributed by atoms with van der Waals surface area (Å²) in [7, 11) is 0. The lowest BCUT2D eigenvalue weighted by Crippen LogP contribution is -2.00. The minimum absolute atomic E-state index is 0.584. The number of furan rings is 1. The average Bonchev–Trinajstić information content (AvgIpc) is 3.82. The highest BCUT2D eigenvalue weighted by Gasteiger charge is 2.23. The van der Waals surface area contributed by atoms with Gasteiger partial charge in [0, 0.05) is 22.1 Å². The molecule has 4 heterocycles. The van der Waals surface area contributed by atoms with Crippen LogP contribution in [0.5, 0.6) is 0 Å². The Balaban J connectivity index is 1.16. The summed E-state index contributed by atoms with van der Waals surface area (Å²) in [4.78, 5) is 20.1. The second kappa shape index (κ2) is 10.9. The van der Waals surface area contributed by atoms with Crippen molar-refractivity contribution in [2.24, 2.45) is 0 Å². The van der Waals surface area contributed by atoms with Crippen LogP contribution in [0.15, 0.2) is 162 Å². The molecule has 0 saturated carbocycles. The fraction of sp³-hybridized carbons (Fsp3) is 0. The van der Waals surface area contributed by atoms with Gasteiger partial charge in [-0.1, -0.05) is 115 Å². The molecule has 4 aromatic heterocycles.